The van der Waals surface area contributed by atoms with Gasteiger partial charge in [-0.1, -0.05) is 0 Å². The van der Waals surface area contributed by atoms with Gasteiger partial charge in [0.2, 0.25) is 0 Å². The largest absolute Gasteiger partial charge is 0.508 e. The second kappa shape index (κ2) is 4.65. The first-order chi connectivity index (χ1) is 7.77. The summed E-state index contributed by atoms with van der Waals surface area (Å²) in [6.45, 7) is 5.06. The molecule has 1 rings (SSSR count). The lowest BCUT2D eigenvalue weighted by molar-refractivity contribution is -0.146. The normalized spacial score (nSPS) is 11.3. The smallest absolute Gasteiger partial charge is 0.309 e. The van der Waals surface area contributed by atoms with Gasteiger partial charge in [0.15, 0.2) is 0 Å². The third-order valence-corrected chi connectivity index (χ3v) is 2.81. The number of benzene rings is 1. The first kappa shape index (κ1) is 13.4. The predicted molar refractivity (Wildman–Crippen MR) is 64.5 cm³/mol. The Morgan fingerprint density at radius 2 is 2.00 bits per heavy atom. The highest BCUT2D eigenvalue weighted by molar-refractivity contribution is 5.74. The van der Waals surface area contributed by atoms with E-state index in [9.17, 15) is 9.90 Å². The summed E-state index contributed by atoms with van der Waals surface area (Å²) in [6.07, 6.45) is 0.305. The lowest BCUT2D eigenvalue weighted by atomic mass is 9.85. The van der Waals surface area contributed by atoms with E-state index in [2.05, 4.69) is 0 Å². The maximum atomic E-state index is 11.1. The topological polar surface area (TPSA) is 66.8 Å². The summed E-state index contributed by atoms with van der Waals surface area (Å²) in [6, 6.07) is 3.28. The summed E-state index contributed by atoms with van der Waals surface area (Å²) >= 11 is 0. The zero-order chi connectivity index (χ0) is 13.2. The van der Waals surface area contributed by atoms with Crippen LogP contribution < -0.4 is 4.74 Å². The Hall–Kier alpha value is -1.71. The molecule has 0 saturated carbocycles. The van der Waals surface area contributed by atoms with Crippen LogP contribution in [0.2, 0.25) is 0 Å². The quantitative estimate of drug-likeness (QED) is 0.845. The lowest BCUT2D eigenvalue weighted by Crippen LogP contribution is -2.26. The summed E-state index contributed by atoms with van der Waals surface area (Å²) in [5, 5.41) is 18.7. The number of phenols is 1. The third kappa shape index (κ3) is 2.90. The van der Waals surface area contributed by atoms with Crippen molar-refractivity contribution in [2.24, 2.45) is 5.41 Å². The van der Waals surface area contributed by atoms with E-state index < -0.39 is 11.4 Å². The second-order valence-corrected chi connectivity index (χ2v) is 4.82. The standard InChI is InChI=1S/C13H18O4/c1-8-5-11(17-4)9(6-10(8)14)7-13(2,3)12(15)16/h5-6,14H,7H2,1-4H3,(H,15,16). The molecule has 94 valence electrons. The number of rotatable bonds is 4. The Bertz CT molecular complexity index is 435. The predicted octanol–water partition coefficient (Wildman–Crippen LogP) is 2.36. The fourth-order valence-electron chi connectivity index (χ4n) is 1.59. The Morgan fingerprint density at radius 1 is 1.41 bits per heavy atom. The number of aliphatic carboxylic acids is 1. The Morgan fingerprint density at radius 3 is 2.47 bits per heavy atom. The van der Waals surface area contributed by atoms with Crippen molar-refractivity contribution in [2.45, 2.75) is 27.2 Å². The number of carbonyl (C=O) groups is 1. The van der Waals surface area contributed by atoms with Crippen LogP contribution in [0.1, 0.15) is 25.0 Å². The number of carboxylic acids is 1. The molecule has 0 saturated heterocycles. The fraction of sp³-hybridized carbons (Fsp3) is 0.462. The molecule has 0 aliphatic rings. The van der Waals surface area contributed by atoms with E-state index >= 15 is 0 Å². The molecule has 2 N–H and O–H groups in total. The lowest BCUT2D eigenvalue weighted by Gasteiger charge is -2.21. The molecule has 0 aliphatic carbocycles. The molecule has 17 heavy (non-hydrogen) atoms. The van der Waals surface area contributed by atoms with Gasteiger partial charge in [-0.15, -0.1) is 0 Å². The molecule has 0 bridgehead atoms. The van der Waals surface area contributed by atoms with Gasteiger partial charge >= 0.3 is 5.97 Å². The van der Waals surface area contributed by atoms with Crippen LogP contribution in [0.3, 0.4) is 0 Å². The maximum Gasteiger partial charge on any atom is 0.309 e. The van der Waals surface area contributed by atoms with E-state index in [0.29, 0.717) is 23.3 Å². The summed E-state index contributed by atoms with van der Waals surface area (Å²) < 4.78 is 5.20. The van der Waals surface area contributed by atoms with Gasteiger partial charge in [0.05, 0.1) is 12.5 Å². The number of hydrogen-bond acceptors (Lipinski definition) is 3. The SMILES string of the molecule is COc1cc(C)c(O)cc1CC(C)(C)C(=O)O. The molecule has 0 spiro atoms. The highest BCUT2D eigenvalue weighted by Gasteiger charge is 2.29. The van der Waals surface area contributed by atoms with Gasteiger partial charge in [-0.3, -0.25) is 4.79 Å². The summed E-state index contributed by atoms with van der Waals surface area (Å²) in [5.41, 5.74) is 0.511. The van der Waals surface area contributed by atoms with Crippen LogP contribution >= 0.6 is 0 Å². The highest BCUT2D eigenvalue weighted by atomic mass is 16.5. The van der Waals surface area contributed by atoms with E-state index in [1.807, 2.05) is 0 Å². The molecule has 0 atom stereocenters. The van der Waals surface area contributed by atoms with E-state index in [-0.39, 0.29) is 5.75 Å². The molecule has 0 aliphatic heterocycles. The first-order valence-corrected chi connectivity index (χ1v) is 5.38. The van der Waals surface area contributed by atoms with E-state index in [1.165, 1.54) is 7.11 Å². The Labute approximate surface area is 101 Å². The van der Waals surface area contributed by atoms with Crippen molar-refractivity contribution in [3.05, 3.63) is 23.3 Å². The van der Waals surface area contributed by atoms with Crippen LogP contribution in [0.5, 0.6) is 11.5 Å². The monoisotopic (exact) mass is 238 g/mol. The molecule has 4 heteroatoms. The minimum absolute atomic E-state index is 0.155. The van der Waals surface area contributed by atoms with E-state index in [0.717, 1.165) is 0 Å². The van der Waals surface area contributed by atoms with Crippen molar-refractivity contribution < 1.29 is 19.7 Å². The second-order valence-electron chi connectivity index (χ2n) is 4.82. The van der Waals surface area contributed by atoms with E-state index in [1.54, 1.807) is 32.9 Å². The number of ether oxygens (including phenoxy) is 1. The number of phenolic OH excluding ortho intramolecular Hbond substituents is 1. The van der Waals surface area contributed by atoms with Crippen molar-refractivity contribution in [3.8, 4) is 11.5 Å². The van der Waals surface area contributed by atoms with Crippen molar-refractivity contribution in [2.75, 3.05) is 7.11 Å². The fourth-order valence-corrected chi connectivity index (χ4v) is 1.59. The molecular weight excluding hydrogens is 220 g/mol. The van der Waals surface area contributed by atoms with Crippen LogP contribution in [0.15, 0.2) is 12.1 Å². The van der Waals surface area contributed by atoms with Gasteiger partial charge in [0.1, 0.15) is 11.5 Å². The summed E-state index contributed by atoms with van der Waals surface area (Å²) in [7, 11) is 1.53. The van der Waals surface area contributed by atoms with Gasteiger partial charge in [0.25, 0.3) is 0 Å². The van der Waals surface area contributed by atoms with Crippen molar-refractivity contribution in [1.29, 1.82) is 0 Å². The summed E-state index contributed by atoms with van der Waals surface area (Å²) in [5.74, 6) is -0.115. The molecule has 4 nitrogen and oxygen atoms in total. The highest BCUT2D eigenvalue weighted by Crippen LogP contribution is 2.32. The van der Waals surface area contributed by atoms with Crippen LogP contribution in [-0.2, 0) is 11.2 Å². The van der Waals surface area contributed by atoms with Crippen molar-refractivity contribution >= 4 is 5.97 Å². The van der Waals surface area contributed by atoms with Gasteiger partial charge in [0, 0.05) is 0 Å². The third-order valence-electron chi connectivity index (χ3n) is 2.81. The van der Waals surface area contributed by atoms with E-state index in [4.69, 9.17) is 9.84 Å². The molecule has 0 unspecified atom stereocenters. The van der Waals surface area contributed by atoms with Gasteiger partial charge in [-0.25, -0.2) is 0 Å². The Balaban J connectivity index is 3.14. The van der Waals surface area contributed by atoms with Gasteiger partial charge in [-0.2, -0.15) is 0 Å². The Kier molecular flexibility index (Phi) is 3.66. The molecule has 0 radical (unpaired) electrons. The minimum Gasteiger partial charge on any atom is -0.508 e. The molecule has 1 aromatic carbocycles. The number of hydrogen-bond donors (Lipinski definition) is 2. The molecule has 1 aromatic rings. The molecule has 0 amide bonds. The zero-order valence-corrected chi connectivity index (χ0v) is 10.6. The number of aryl methyl sites for hydroxylation is 1. The number of carboxylic acid groups (broad SMARTS) is 1. The number of methoxy groups -OCH3 is 1. The van der Waals surface area contributed by atoms with Crippen molar-refractivity contribution in [1.82, 2.24) is 0 Å². The maximum absolute atomic E-state index is 11.1. The van der Waals surface area contributed by atoms with Gasteiger partial charge < -0.3 is 14.9 Å². The minimum atomic E-state index is -0.894. The van der Waals surface area contributed by atoms with Gasteiger partial charge in [-0.05, 0) is 50.5 Å². The van der Waals surface area contributed by atoms with Crippen molar-refractivity contribution in [3.63, 3.8) is 0 Å². The summed E-state index contributed by atoms with van der Waals surface area (Å²) in [4.78, 5) is 11.1. The van der Waals surface area contributed by atoms with Crippen LogP contribution in [0.25, 0.3) is 0 Å². The molecular formula is C13H18O4. The average Bonchev–Trinajstić information content (AvgIpc) is 2.22. The zero-order valence-electron chi connectivity index (χ0n) is 10.6. The number of aromatic hydroxyl groups is 1. The molecule has 0 fully saturated rings. The van der Waals surface area contributed by atoms with Crippen LogP contribution in [-0.4, -0.2) is 23.3 Å². The van der Waals surface area contributed by atoms with Crippen LogP contribution in [0.4, 0.5) is 0 Å². The molecule has 0 heterocycles. The molecule has 0 aromatic heterocycles. The van der Waals surface area contributed by atoms with Crippen LogP contribution in [0, 0.1) is 12.3 Å². The average molecular weight is 238 g/mol. The first-order valence-electron chi connectivity index (χ1n) is 5.38.